The summed E-state index contributed by atoms with van der Waals surface area (Å²) in [6, 6.07) is 0. The van der Waals surface area contributed by atoms with Gasteiger partial charge >= 0.3 is 0 Å². The molecule has 0 atom stereocenters. The minimum absolute atomic E-state index is 0.583. The van der Waals surface area contributed by atoms with Crippen LogP contribution in [0.5, 0.6) is 0 Å². The molecule has 2 aromatic heterocycles. The highest BCUT2D eigenvalue weighted by Gasteiger charge is 2.12. The molecule has 0 saturated heterocycles. The van der Waals surface area contributed by atoms with E-state index in [4.69, 9.17) is 4.42 Å². The highest BCUT2D eigenvalue weighted by atomic mass is 32.1. The summed E-state index contributed by atoms with van der Waals surface area (Å²) in [7, 11) is 1.93. The third-order valence-corrected chi connectivity index (χ3v) is 3.14. The number of hydrogen-bond acceptors (Lipinski definition) is 6. The van der Waals surface area contributed by atoms with Crippen LogP contribution in [-0.4, -0.2) is 28.8 Å². The summed E-state index contributed by atoms with van der Waals surface area (Å²) in [5.74, 6) is 1.28. The highest BCUT2D eigenvalue weighted by molar-refractivity contribution is 7.13. The van der Waals surface area contributed by atoms with E-state index in [-0.39, 0.29) is 0 Å². The Morgan fingerprint density at radius 2 is 2.31 bits per heavy atom. The van der Waals surface area contributed by atoms with Gasteiger partial charge in [-0.05, 0) is 26.9 Å². The molecule has 2 rings (SSSR count). The fourth-order valence-corrected chi connectivity index (χ4v) is 2.09. The predicted octanol–water partition coefficient (Wildman–Crippen LogP) is 1.65. The Bertz CT molecular complexity index is 451. The van der Waals surface area contributed by atoms with E-state index in [1.165, 1.54) is 11.3 Å². The molecule has 1 N–H and O–H groups in total. The second-order valence-electron chi connectivity index (χ2n) is 3.47. The second kappa shape index (κ2) is 5.18. The summed E-state index contributed by atoms with van der Waals surface area (Å²) < 4.78 is 5.58. The molecular formula is C10H14N4OS. The molecule has 0 aromatic carbocycles. The molecule has 2 heterocycles. The predicted molar refractivity (Wildman–Crippen MR) is 62.4 cm³/mol. The zero-order valence-electron chi connectivity index (χ0n) is 9.36. The lowest BCUT2D eigenvalue weighted by atomic mass is 10.3. The Balaban J connectivity index is 2.05. The van der Waals surface area contributed by atoms with Gasteiger partial charge < -0.3 is 9.73 Å². The van der Waals surface area contributed by atoms with Crippen molar-refractivity contribution in [1.82, 2.24) is 20.5 Å². The normalized spacial score (nSPS) is 10.9. The molecule has 0 unspecified atom stereocenters. The van der Waals surface area contributed by atoms with Crippen molar-refractivity contribution in [3.63, 3.8) is 0 Å². The fourth-order valence-electron chi connectivity index (χ4n) is 1.37. The number of aryl methyl sites for hydroxylation is 2. The summed E-state index contributed by atoms with van der Waals surface area (Å²) >= 11 is 1.52. The first kappa shape index (κ1) is 11.2. The first-order chi connectivity index (χ1) is 7.81. The van der Waals surface area contributed by atoms with Crippen molar-refractivity contribution < 1.29 is 4.42 Å². The summed E-state index contributed by atoms with van der Waals surface area (Å²) in [4.78, 5) is 5.12. The second-order valence-corrected chi connectivity index (χ2v) is 4.33. The molecule has 0 aliphatic heterocycles. The van der Waals surface area contributed by atoms with Gasteiger partial charge in [-0.25, -0.2) is 4.98 Å². The van der Waals surface area contributed by atoms with E-state index in [2.05, 4.69) is 20.5 Å². The average Bonchev–Trinajstić information content (AvgIpc) is 2.87. The van der Waals surface area contributed by atoms with Gasteiger partial charge in [-0.1, -0.05) is 0 Å². The third kappa shape index (κ3) is 2.45. The molecule has 0 saturated carbocycles. The monoisotopic (exact) mass is 238 g/mol. The van der Waals surface area contributed by atoms with Crippen LogP contribution in [0.2, 0.25) is 0 Å². The fraction of sp³-hybridized carbons (Fsp3) is 0.500. The van der Waals surface area contributed by atoms with Crippen LogP contribution < -0.4 is 5.32 Å². The zero-order valence-corrected chi connectivity index (χ0v) is 10.2. The molecule has 16 heavy (non-hydrogen) atoms. The van der Waals surface area contributed by atoms with Crippen molar-refractivity contribution in [3.05, 3.63) is 17.1 Å². The van der Waals surface area contributed by atoms with E-state index in [1.54, 1.807) is 5.51 Å². The average molecular weight is 238 g/mol. The van der Waals surface area contributed by atoms with Gasteiger partial charge in [-0.2, -0.15) is 0 Å². The van der Waals surface area contributed by atoms with Gasteiger partial charge in [0.15, 0.2) is 0 Å². The van der Waals surface area contributed by atoms with Crippen LogP contribution in [0, 0.1) is 6.92 Å². The largest absolute Gasteiger partial charge is 0.420 e. The molecule has 2 aromatic rings. The minimum Gasteiger partial charge on any atom is -0.420 e. The smallest absolute Gasteiger partial charge is 0.259 e. The quantitative estimate of drug-likeness (QED) is 0.802. The number of nitrogens with one attached hydrogen (secondary N) is 1. The topological polar surface area (TPSA) is 63.8 Å². The Kier molecular flexibility index (Phi) is 3.63. The number of aromatic nitrogens is 3. The first-order valence-electron chi connectivity index (χ1n) is 5.18. The summed E-state index contributed by atoms with van der Waals surface area (Å²) in [5.41, 5.74) is 2.73. The Labute approximate surface area is 97.9 Å². The van der Waals surface area contributed by atoms with Gasteiger partial charge in [-0.15, -0.1) is 21.5 Å². The van der Waals surface area contributed by atoms with Crippen LogP contribution in [0.15, 0.2) is 9.93 Å². The number of nitrogens with zero attached hydrogens (tertiary/aromatic N) is 3. The minimum atomic E-state index is 0.583. The Morgan fingerprint density at radius 3 is 3.00 bits per heavy atom. The Morgan fingerprint density at radius 1 is 1.44 bits per heavy atom. The van der Waals surface area contributed by atoms with Crippen LogP contribution in [0.25, 0.3) is 10.8 Å². The van der Waals surface area contributed by atoms with Crippen molar-refractivity contribution >= 4 is 11.3 Å². The van der Waals surface area contributed by atoms with Crippen LogP contribution in [-0.2, 0) is 6.42 Å². The molecule has 0 spiro atoms. The maximum atomic E-state index is 5.58. The molecule has 5 nitrogen and oxygen atoms in total. The van der Waals surface area contributed by atoms with Crippen molar-refractivity contribution in [2.75, 3.05) is 13.6 Å². The first-order valence-corrected chi connectivity index (χ1v) is 6.06. The van der Waals surface area contributed by atoms with Crippen LogP contribution >= 0.6 is 11.3 Å². The summed E-state index contributed by atoms with van der Waals surface area (Å²) in [5, 5.41) is 11.1. The molecular weight excluding hydrogens is 224 g/mol. The number of thiazole rings is 1. The lowest BCUT2D eigenvalue weighted by molar-refractivity contribution is 0.495. The molecule has 0 amide bonds. The van der Waals surface area contributed by atoms with E-state index in [0.717, 1.165) is 30.0 Å². The summed E-state index contributed by atoms with van der Waals surface area (Å²) in [6.07, 6.45) is 1.81. The lowest BCUT2D eigenvalue weighted by Crippen LogP contribution is -2.08. The van der Waals surface area contributed by atoms with E-state index in [1.807, 2.05) is 14.0 Å². The van der Waals surface area contributed by atoms with Gasteiger partial charge in [0.2, 0.25) is 5.89 Å². The highest BCUT2D eigenvalue weighted by Crippen LogP contribution is 2.25. The Hall–Kier alpha value is -1.27. The molecule has 86 valence electrons. The van der Waals surface area contributed by atoms with E-state index in [0.29, 0.717) is 11.8 Å². The van der Waals surface area contributed by atoms with Crippen molar-refractivity contribution in [3.8, 4) is 10.8 Å². The maximum absolute atomic E-state index is 5.58. The van der Waals surface area contributed by atoms with Gasteiger partial charge in [-0.3, -0.25) is 0 Å². The molecule has 0 aliphatic carbocycles. The van der Waals surface area contributed by atoms with E-state index >= 15 is 0 Å². The van der Waals surface area contributed by atoms with Gasteiger partial charge in [0.05, 0.1) is 11.2 Å². The van der Waals surface area contributed by atoms with E-state index < -0.39 is 0 Å². The standard InChI is InChI=1S/C10H14N4OS/c1-7-9(16-6-12-7)10-14-13-8(15-10)4-3-5-11-2/h6,11H,3-5H2,1-2H3. The van der Waals surface area contributed by atoms with Crippen molar-refractivity contribution in [1.29, 1.82) is 0 Å². The summed E-state index contributed by atoms with van der Waals surface area (Å²) in [6.45, 7) is 2.90. The SMILES string of the molecule is CNCCCc1nnc(-c2scnc2C)o1. The molecule has 0 aliphatic rings. The lowest BCUT2D eigenvalue weighted by Gasteiger charge is -1.94. The van der Waals surface area contributed by atoms with Crippen LogP contribution in [0.4, 0.5) is 0 Å². The number of rotatable bonds is 5. The molecule has 6 heteroatoms. The number of hydrogen-bond donors (Lipinski definition) is 1. The third-order valence-electron chi connectivity index (χ3n) is 2.22. The maximum Gasteiger partial charge on any atom is 0.259 e. The van der Waals surface area contributed by atoms with Crippen LogP contribution in [0.3, 0.4) is 0 Å². The molecule has 0 fully saturated rings. The van der Waals surface area contributed by atoms with Crippen LogP contribution in [0.1, 0.15) is 18.0 Å². The van der Waals surface area contributed by atoms with Gasteiger partial charge in [0.1, 0.15) is 4.88 Å². The zero-order chi connectivity index (χ0) is 11.4. The van der Waals surface area contributed by atoms with Crippen molar-refractivity contribution in [2.45, 2.75) is 19.8 Å². The van der Waals surface area contributed by atoms with Crippen molar-refractivity contribution in [2.24, 2.45) is 0 Å². The molecule has 0 radical (unpaired) electrons. The van der Waals surface area contributed by atoms with E-state index in [9.17, 15) is 0 Å². The van der Waals surface area contributed by atoms with Gasteiger partial charge in [0.25, 0.3) is 5.89 Å². The molecule has 0 bridgehead atoms. The van der Waals surface area contributed by atoms with Gasteiger partial charge in [0, 0.05) is 6.42 Å².